The maximum Gasteiger partial charge on any atom is 0.408 e. The van der Waals surface area contributed by atoms with Gasteiger partial charge in [-0.3, -0.25) is 14.1 Å². The zero-order chi connectivity index (χ0) is 18.9. The Morgan fingerprint density at radius 3 is 2.85 bits per heavy atom. The second kappa shape index (κ2) is 5.81. The molecule has 3 fully saturated rings. The summed E-state index contributed by atoms with van der Waals surface area (Å²) in [7, 11) is 0. The first-order valence-corrected chi connectivity index (χ1v) is 10.1. The maximum absolute atomic E-state index is 12.7. The van der Waals surface area contributed by atoms with Crippen molar-refractivity contribution in [1.82, 2.24) is 24.2 Å². The number of rotatable bonds is 1. The van der Waals surface area contributed by atoms with Crippen molar-refractivity contribution in [3.8, 4) is 0 Å². The zero-order valence-corrected chi connectivity index (χ0v) is 16.6. The molecule has 0 aromatic carbocycles. The number of nitrogens with zero attached hydrogens (tertiary/aromatic N) is 5. The van der Waals surface area contributed by atoms with Crippen LogP contribution in [0.3, 0.4) is 0 Å². The van der Waals surface area contributed by atoms with Crippen LogP contribution in [0.2, 0.25) is 5.15 Å². The van der Waals surface area contributed by atoms with Gasteiger partial charge in [0.25, 0.3) is 0 Å². The van der Waals surface area contributed by atoms with Crippen molar-refractivity contribution in [2.75, 3.05) is 13.1 Å². The third-order valence-electron chi connectivity index (χ3n) is 6.21. The van der Waals surface area contributed by atoms with Gasteiger partial charge >= 0.3 is 6.09 Å². The van der Waals surface area contributed by atoms with Crippen molar-refractivity contribution in [2.45, 2.75) is 43.2 Å². The van der Waals surface area contributed by atoms with Crippen LogP contribution in [0.1, 0.15) is 37.4 Å². The molecule has 8 nitrogen and oxygen atoms in total. The Balaban J connectivity index is 1.48. The molecule has 5 rings (SSSR count). The summed E-state index contributed by atoms with van der Waals surface area (Å²) in [5, 5.41) is 9.89. The quantitative estimate of drug-likeness (QED) is 0.715. The summed E-state index contributed by atoms with van der Waals surface area (Å²) in [6, 6.07) is -0.0361. The van der Waals surface area contributed by atoms with E-state index in [-0.39, 0.29) is 30.0 Å². The Hall–Kier alpha value is -1.87. The summed E-state index contributed by atoms with van der Waals surface area (Å²) in [5.74, 6) is 0.789. The van der Waals surface area contributed by atoms with Crippen molar-refractivity contribution >= 4 is 45.0 Å². The van der Waals surface area contributed by atoms with Gasteiger partial charge in [-0.15, -0.1) is 0 Å². The van der Waals surface area contributed by atoms with Crippen molar-refractivity contribution in [3.63, 3.8) is 0 Å². The Labute approximate surface area is 168 Å². The minimum absolute atomic E-state index is 0.0361. The predicted octanol–water partition coefficient (Wildman–Crippen LogP) is 2.75. The summed E-state index contributed by atoms with van der Waals surface area (Å²) >= 11 is 9.67. The maximum atomic E-state index is 12.7. The number of hydrogen-bond acceptors (Lipinski definition) is 4. The normalized spacial score (nSPS) is 26.5. The molecule has 2 aromatic rings. The van der Waals surface area contributed by atoms with Crippen molar-refractivity contribution in [1.29, 1.82) is 0 Å². The Kier molecular flexibility index (Phi) is 3.71. The molecule has 27 heavy (non-hydrogen) atoms. The van der Waals surface area contributed by atoms with Gasteiger partial charge in [0, 0.05) is 24.9 Å². The molecular weight excluding hydrogens is 438 g/mol. The molecule has 2 aliphatic heterocycles. The number of fused-ring (bicyclic) bond motifs is 3. The minimum Gasteiger partial charge on any atom is -0.465 e. The first-order chi connectivity index (χ1) is 12.9. The first kappa shape index (κ1) is 17.2. The average Bonchev–Trinajstić information content (AvgIpc) is 3.35. The number of carboxylic acid groups (broad SMARTS) is 1. The largest absolute Gasteiger partial charge is 0.465 e. The van der Waals surface area contributed by atoms with Crippen molar-refractivity contribution in [3.05, 3.63) is 28.0 Å². The SMILES string of the molecule is O=C1CN(C(=O)O)C2(CC2)C2CCC(c3nc(Br)c4c(Cl)nccn34)CN12. The van der Waals surface area contributed by atoms with Gasteiger partial charge < -0.3 is 10.0 Å². The first-order valence-electron chi connectivity index (χ1n) is 8.90. The molecule has 2 unspecified atom stereocenters. The molecule has 1 spiro atoms. The van der Waals surface area contributed by atoms with Gasteiger partial charge in [-0.05, 0) is 41.6 Å². The standard InChI is InChI=1S/C17H17BrClN5O3/c18-13-12-14(19)20-5-6-22(12)15(21-13)9-1-2-10-17(3-4-17)24(16(26)27)8-11(25)23(10)7-9/h5-6,9-10H,1-4,7-8H2,(H,26,27). The number of halogens is 2. The minimum atomic E-state index is -0.993. The molecule has 2 aromatic heterocycles. The highest BCUT2D eigenvalue weighted by molar-refractivity contribution is 9.10. The summed E-state index contributed by atoms with van der Waals surface area (Å²) in [6.45, 7) is 0.491. The van der Waals surface area contributed by atoms with Crippen LogP contribution in [-0.4, -0.2) is 65.9 Å². The smallest absolute Gasteiger partial charge is 0.408 e. The van der Waals surface area contributed by atoms with Crippen LogP contribution >= 0.6 is 27.5 Å². The summed E-state index contributed by atoms with van der Waals surface area (Å²) in [4.78, 5) is 36.3. The highest BCUT2D eigenvalue weighted by Crippen LogP contribution is 2.52. The number of hydrogen-bond donors (Lipinski definition) is 1. The molecule has 0 bridgehead atoms. The van der Waals surface area contributed by atoms with E-state index in [1.165, 1.54) is 4.90 Å². The second-order valence-corrected chi connectivity index (χ2v) is 8.62. The van der Waals surface area contributed by atoms with Gasteiger partial charge in [-0.25, -0.2) is 14.8 Å². The van der Waals surface area contributed by atoms with Crippen molar-refractivity contribution in [2.24, 2.45) is 0 Å². The lowest BCUT2D eigenvalue weighted by molar-refractivity contribution is -0.146. The van der Waals surface area contributed by atoms with E-state index < -0.39 is 6.09 Å². The van der Waals surface area contributed by atoms with E-state index in [9.17, 15) is 14.7 Å². The van der Waals surface area contributed by atoms with E-state index in [4.69, 9.17) is 11.6 Å². The zero-order valence-electron chi connectivity index (χ0n) is 14.3. The van der Waals surface area contributed by atoms with Gasteiger partial charge in [0.15, 0.2) is 5.15 Å². The van der Waals surface area contributed by atoms with E-state index in [0.29, 0.717) is 16.3 Å². The molecule has 0 radical (unpaired) electrons. The van der Waals surface area contributed by atoms with E-state index in [1.807, 2.05) is 15.5 Å². The highest BCUT2D eigenvalue weighted by atomic mass is 79.9. The average molecular weight is 455 g/mol. The summed E-state index contributed by atoms with van der Waals surface area (Å²) < 4.78 is 2.56. The number of aromatic nitrogens is 3. The van der Waals surface area contributed by atoms with E-state index in [2.05, 4.69) is 25.9 Å². The predicted molar refractivity (Wildman–Crippen MR) is 99.9 cm³/mol. The molecular formula is C17H17BrClN5O3. The van der Waals surface area contributed by atoms with Gasteiger partial charge in [0.05, 0.1) is 11.6 Å². The number of carbonyl (C=O) groups is 2. The summed E-state index contributed by atoms with van der Waals surface area (Å²) in [6.07, 6.45) is 5.74. The van der Waals surface area contributed by atoms with Crippen molar-refractivity contribution < 1.29 is 14.7 Å². The van der Waals surface area contributed by atoms with Gasteiger partial charge in [0.1, 0.15) is 22.5 Å². The number of carbonyl (C=O) groups excluding carboxylic acids is 1. The molecule has 3 aliphatic rings. The Bertz CT molecular complexity index is 975. The topological polar surface area (TPSA) is 91.0 Å². The number of imidazole rings is 1. The van der Waals surface area contributed by atoms with Crippen LogP contribution < -0.4 is 0 Å². The molecule has 4 heterocycles. The number of piperazine rings is 1. The molecule has 1 N–H and O–H groups in total. The van der Waals surface area contributed by atoms with Crippen LogP contribution in [0, 0.1) is 0 Å². The lowest BCUT2D eigenvalue weighted by Gasteiger charge is -2.50. The lowest BCUT2D eigenvalue weighted by atomic mass is 9.84. The molecule has 1 aliphatic carbocycles. The fourth-order valence-electron chi connectivity index (χ4n) is 4.84. The molecule has 1 saturated carbocycles. The van der Waals surface area contributed by atoms with Crippen LogP contribution in [0.5, 0.6) is 0 Å². The van der Waals surface area contributed by atoms with E-state index >= 15 is 0 Å². The molecule has 2 saturated heterocycles. The molecule has 10 heteroatoms. The van der Waals surface area contributed by atoms with Crippen LogP contribution in [0.4, 0.5) is 4.79 Å². The van der Waals surface area contributed by atoms with Crippen LogP contribution in [0.25, 0.3) is 5.52 Å². The number of amides is 2. The van der Waals surface area contributed by atoms with E-state index in [0.717, 1.165) is 37.0 Å². The van der Waals surface area contributed by atoms with Crippen LogP contribution in [-0.2, 0) is 4.79 Å². The third-order valence-corrected chi connectivity index (χ3v) is 7.04. The fourth-order valence-corrected chi connectivity index (χ4v) is 5.75. The monoisotopic (exact) mass is 453 g/mol. The third kappa shape index (κ3) is 2.40. The summed E-state index contributed by atoms with van der Waals surface area (Å²) in [5.41, 5.74) is 0.338. The Morgan fingerprint density at radius 1 is 1.37 bits per heavy atom. The van der Waals surface area contributed by atoms with Gasteiger partial charge in [-0.2, -0.15) is 0 Å². The number of piperidine rings is 1. The van der Waals surface area contributed by atoms with Gasteiger partial charge in [0.2, 0.25) is 5.91 Å². The second-order valence-electron chi connectivity index (χ2n) is 7.51. The van der Waals surface area contributed by atoms with Crippen LogP contribution in [0.15, 0.2) is 17.0 Å². The molecule has 2 atom stereocenters. The lowest BCUT2D eigenvalue weighted by Crippen LogP contribution is -2.66. The molecule has 2 amide bonds. The van der Waals surface area contributed by atoms with Gasteiger partial charge in [-0.1, -0.05) is 11.6 Å². The fraction of sp³-hybridized carbons (Fsp3) is 0.529. The Morgan fingerprint density at radius 2 is 2.15 bits per heavy atom. The van der Waals surface area contributed by atoms with E-state index in [1.54, 1.807) is 6.20 Å². The molecule has 142 valence electrons. The highest BCUT2D eigenvalue weighted by Gasteiger charge is 2.62.